The van der Waals surface area contributed by atoms with E-state index in [1.807, 2.05) is 31.4 Å². The minimum Gasteiger partial charge on any atom is -0.467 e. The predicted octanol–water partition coefficient (Wildman–Crippen LogP) is 9.97. The number of methoxy groups -OCH3 is 1. The highest BCUT2D eigenvalue weighted by Gasteiger charge is 2.42. The summed E-state index contributed by atoms with van der Waals surface area (Å²) in [6.45, 7) is 19.9. The molecule has 2 aromatic heterocycles. The van der Waals surface area contributed by atoms with Gasteiger partial charge < -0.3 is 28.6 Å². The highest BCUT2D eigenvalue weighted by Crippen LogP contribution is 2.44. The maximum Gasteiger partial charge on any atom is 0.410 e. The van der Waals surface area contributed by atoms with Crippen molar-refractivity contribution in [1.82, 2.24) is 24.4 Å². The summed E-state index contributed by atoms with van der Waals surface area (Å²) in [5, 5.41) is 1.26. The lowest BCUT2D eigenvalue weighted by atomic mass is 9.93. The number of likely N-dealkylation sites (tertiary alicyclic amines) is 1. The summed E-state index contributed by atoms with van der Waals surface area (Å²) in [5.41, 5.74) is 5.65. The molecule has 1 amide bonds. The third kappa shape index (κ3) is 8.40. The Kier molecular flexibility index (Phi) is 12.0. The molecule has 4 aromatic rings. The molecule has 296 valence electrons. The second kappa shape index (κ2) is 16.4. The van der Waals surface area contributed by atoms with Crippen LogP contribution in [0.25, 0.3) is 21.9 Å². The fourth-order valence-electron chi connectivity index (χ4n) is 8.22. The summed E-state index contributed by atoms with van der Waals surface area (Å²) in [6.07, 6.45) is 5.96. The second-order valence-electron chi connectivity index (χ2n) is 16.7. The molecule has 11 nitrogen and oxygen atoms in total. The van der Waals surface area contributed by atoms with Crippen LogP contribution in [-0.4, -0.2) is 77.3 Å². The molecule has 2 aliphatic rings. The molecule has 1 aliphatic heterocycles. The second-order valence-corrected chi connectivity index (χ2v) is 22.3. The molecule has 6 rings (SSSR count). The number of halogens is 1. The zero-order chi connectivity index (χ0) is 39.7. The number of nitrogens with zero attached hydrogens (tertiary/aromatic N) is 5. The molecule has 1 saturated heterocycles. The number of ether oxygens (including phenoxy) is 5. The van der Waals surface area contributed by atoms with Crippen LogP contribution in [-0.2, 0) is 9.47 Å². The number of carbonyl (C=O) groups is 1. The van der Waals surface area contributed by atoms with E-state index in [-0.39, 0.29) is 37.6 Å². The van der Waals surface area contributed by atoms with E-state index in [0.29, 0.717) is 68.2 Å². The first-order valence-corrected chi connectivity index (χ1v) is 21.8. The summed E-state index contributed by atoms with van der Waals surface area (Å²) in [5.74, 6) is 3.82. The summed E-state index contributed by atoms with van der Waals surface area (Å²) in [4.78, 5) is 28.7. The molecule has 55 heavy (non-hydrogen) atoms. The molecule has 13 heteroatoms. The van der Waals surface area contributed by atoms with Crippen LogP contribution in [0.3, 0.4) is 0 Å². The van der Waals surface area contributed by atoms with E-state index in [0.717, 1.165) is 32.1 Å². The van der Waals surface area contributed by atoms with Gasteiger partial charge in [-0.05, 0) is 87.0 Å². The minimum atomic E-state index is -2.20. The van der Waals surface area contributed by atoms with Crippen molar-refractivity contribution in [2.24, 2.45) is 0 Å². The van der Waals surface area contributed by atoms with Gasteiger partial charge >= 0.3 is 18.1 Å². The van der Waals surface area contributed by atoms with E-state index in [1.165, 1.54) is 6.07 Å². The SMILES string of the molecule is COCOc1cc(Oc2nc3nc(OC[C@@H]4CCCN4C(=O)OC(C)(C)C)ncc3n2C2CCC2)c2c(C#C[Si](C(C)C)(C(C)C)C(C)C)c(F)ccc2c1. The maximum atomic E-state index is 16.1. The van der Waals surface area contributed by atoms with Crippen molar-refractivity contribution >= 4 is 36.1 Å². The average Bonchev–Trinajstić information content (AvgIpc) is 3.70. The molecular formula is C42H56FN5O6Si. The van der Waals surface area contributed by atoms with Gasteiger partial charge in [0.2, 0.25) is 0 Å². The van der Waals surface area contributed by atoms with Crippen LogP contribution in [0.4, 0.5) is 9.18 Å². The molecule has 2 aromatic carbocycles. The molecule has 1 saturated carbocycles. The van der Waals surface area contributed by atoms with Crippen LogP contribution < -0.4 is 14.2 Å². The predicted molar refractivity (Wildman–Crippen MR) is 214 cm³/mol. The number of rotatable bonds is 12. The van der Waals surface area contributed by atoms with E-state index < -0.39 is 19.5 Å². The summed E-state index contributed by atoms with van der Waals surface area (Å²) in [7, 11) is -0.647. The maximum absolute atomic E-state index is 16.1. The van der Waals surface area contributed by atoms with E-state index in [1.54, 1.807) is 30.3 Å². The fraction of sp³-hybridized carbons (Fsp3) is 0.571. The Morgan fingerprint density at radius 3 is 2.36 bits per heavy atom. The van der Waals surface area contributed by atoms with Gasteiger partial charge in [-0.1, -0.05) is 53.5 Å². The van der Waals surface area contributed by atoms with Gasteiger partial charge in [0.25, 0.3) is 0 Å². The van der Waals surface area contributed by atoms with Crippen molar-refractivity contribution < 1.29 is 32.9 Å². The third-order valence-corrected chi connectivity index (χ3v) is 17.4. The summed E-state index contributed by atoms with van der Waals surface area (Å²) < 4.78 is 47.6. The molecule has 0 bridgehead atoms. The number of fused-ring (bicyclic) bond motifs is 2. The lowest BCUT2D eigenvalue weighted by Crippen LogP contribution is -2.43. The van der Waals surface area contributed by atoms with Crippen molar-refractivity contribution in [1.29, 1.82) is 0 Å². The van der Waals surface area contributed by atoms with Gasteiger partial charge in [-0.15, -0.1) is 5.54 Å². The van der Waals surface area contributed by atoms with Gasteiger partial charge in [-0.2, -0.15) is 9.97 Å². The smallest absolute Gasteiger partial charge is 0.410 e. The Hall–Kier alpha value is -4.41. The van der Waals surface area contributed by atoms with Crippen molar-refractivity contribution in [3.05, 3.63) is 41.8 Å². The highest BCUT2D eigenvalue weighted by atomic mass is 28.3. The first-order chi connectivity index (χ1) is 26.1. The number of hydrogen-bond acceptors (Lipinski definition) is 9. The van der Waals surface area contributed by atoms with E-state index in [2.05, 4.69) is 63.0 Å². The average molecular weight is 774 g/mol. The number of amides is 1. The Morgan fingerprint density at radius 2 is 1.73 bits per heavy atom. The molecule has 1 atom stereocenters. The van der Waals surface area contributed by atoms with E-state index in [4.69, 9.17) is 28.7 Å². The monoisotopic (exact) mass is 773 g/mol. The molecule has 3 heterocycles. The topological polar surface area (TPSA) is 110 Å². The molecule has 0 unspecified atom stereocenters. The van der Waals surface area contributed by atoms with E-state index in [9.17, 15) is 4.79 Å². The molecule has 0 radical (unpaired) electrons. The fourth-order valence-corrected chi connectivity index (χ4v) is 13.4. The van der Waals surface area contributed by atoms with Crippen LogP contribution >= 0.6 is 0 Å². The van der Waals surface area contributed by atoms with Crippen LogP contribution in [0.1, 0.15) is 106 Å². The number of benzene rings is 2. The molecule has 0 spiro atoms. The molecular weight excluding hydrogens is 718 g/mol. The van der Waals surface area contributed by atoms with Gasteiger partial charge in [0.05, 0.1) is 17.8 Å². The van der Waals surface area contributed by atoms with Crippen molar-refractivity contribution in [3.8, 4) is 35.0 Å². The number of aromatic nitrogens is 4. The van der Waals surface area contributed by atoms with Crippen molar-refractivity contribution in [2.45, 2.75) is 129 Å². The van der Waals surface area contributed by atoms with Crippen LogP contribution in [0.15, 0.2) is 30.5 Å². The Balaban J connectivity index is 1.40. The van der Waals surface area contributed by atoms with Crippen molar-refractivity contribution in [3.63, 3.8) is 0 Å². The van der Waals surface area contributed by atoms with Gasteiger partial charge in [-0.25, -0.2) is 14.2 Å². The Bertz CT molecular complexity index is 2060. The molecule has 0 N–H and O–H groups in total. The number of hydrogen-bond donors (Lipinski definition) is 0. The number of carbonyl (C=O) groups excluding carboxylic acids is 1. The zero-order valence-corrected chi connectivity index (χ0v) is 35.0. The van der Waals surface area contributed by atoms with Gasteiger partial charge in [0.1, 0.15) is 43.1 Å². The van der Waals surface area contributed by atoms with Crippen molar-refractivity contribution in [2.75, 3.05) is 27.1 Å². The lowest BCUT2D eigenvalue weighted by Gasteiger charge is -2.38. The first kappa shape index (κ1) is 40.3. The molecule has 2 fully saturated rings. The minimum absolute atomic E-state index is 0.0272. The van der Waals surface area contributed by atoms with Crippen LogP contribution in [0.5, 0.6) is 23.5 Å². The standard InChI is InChI=1S/C42H56FN5O6Si/c1-26(2)55(27(3)4,28(5)6)20-18-33-34(43)17-16-29-21-32(52-25-50-10)22-36(37(29)33)53-40-46-38-35(48(40)30-13-11-14-30)23-44-39(45-38)51-24-31-15-12-19-47(31)41(49)54-42(7,8)9/h16-17,21-23,26-28,30-31H,11-15,19,24-25H2,1-10H3/t31-/m0/s1. The Morgan fingerprint density at radius 1 is 1.00 bits per heavy atom. The lowest BCUT2D eigenvalue weighted by molar-refractivity contribution is 0.0184. The quantitative estimate of drug-likeness (QED) is 0.0789. The zero-order valence-electron chi connectivity index (χ0n) is 34.0. The van der Waals surface area contributed by atoms with Crippen LogP contribution in [0, 0.1) is 17.3 Å². The van der Waals surface area contributed by atoms with Gasteiger partial charge in [0, 0.05) is 31.1 Å². The molecule has 1 aliphatic carbocycles. The van der Waals surface area contributed by atoms with Gasteiger partial charge in [-0.3, -0.25) is 4.57 Å². The van der Waals surface area contributed by atoms with Gasteiger partial charge in [0.15, 0.2) is 12.4 Å². The van der Waals surface area contributed by atoms with E-state index >= 15 is 4.39 Å². The summed E-state index contributed by atoms with van der Waals surface area (Å²) in [6, 6.07) is 7.20. The normalized spacial score (nSPS) is 16.5. The first-order valence-electron chi connectivity index (χ1n) is 19.6. The highest BCUT2D eigenvalue weighted by molar-refractivity contribution is 6.90. The largest absolute Gasteiger partial charge is 0.467 e. The Labute approximate surface area is 325 Å². The van der Waals surface area contributed by atoms with Crippen LogP contribution in [0.2, 0.25) is 16.6 Å². The third-order valence-electron chi connectivity index (χ3n) is 11.1. The number of imidazole rings is 1. The summed E-state index contributed by atoms with van der Waals surface area (Å²) >= 11 is 0.